The van der Waals surface area contributed by atoms with Gasteiger partial charge in [0.15, 0.2) is 0 Å². The summed E-state index contributed by atoms with van der Waals surface area (Å²) in [6, 6.07) is 9.36. The van der Waals surface area contributed by atoms with Crippen LogP contribution in [0.4, 0.5) is 5.82 Å². The number of nitrogens with two attached hydrogens (primary N) is 1. The molecule has 6 nitrogen and oxygen atoms in total. The lowest BCUT2D eigenvalue weighted by molar-refractivity contribution is -0.123. The topological polar surface area (TPSA) is 90.0 Å². The molecule has 1 atom stereocenters. The first-order valence-corrected chi connectivity index (χ1v) is 7.15. The Hall–Kier alpha value is -2.63. The SMILES string of the molecule is Cn1c(N)cnc1CC(=O)N[C@H](C=O)CCc1ccccc1. The van der Waals surface area contributed by atoms with E-state index in [1.54, 1.807) is 11.6 Å². The van der Waals surface area contributed by atoms with E-state index in [-0.39, 0.29) is 12.3 Å². The van der Waals surface area contributed by atoms with E-state index in [1.165, 1.54) is 6.20 Å². The fourth-order valence-corrected chi connectivity index (χ4v) is 2.17. The average molecular weight is 300 g/mol. The number of nitrogens with zero attached hydrogens (tertiary/aromatic N) is 2. The van der Waals surface area contributed by atoms with Gasteiger partial charge in [0.05, 0.1) is 18.7 Å². The van der Waals surface area contributed by atoms with E-state index in [0.717, 1.165) is 18.3 Å². The number of carbonyl (C=O) groups is 2. The van der Waals surface area contributed by atoms with Crippen LogP contribution in [0.3, 0.4) is 0 Å². The summed E-state index contributed by atoms with van der Waals surface area (Å²) < 4.78 is 1.65. The van der Waals surface area contributed by atoms with Crippen molar-refractivity contribution in [3.63, 3.8) is 0 Å². The van der Waals surface area contributed by atoms with Crippen LogP contribution in [-0.4, -0.2) is 27.8 Å². The lowest BCUT2D eigenvalue weighted by Crippen LogP contribution is -2.37. The highest BCUT2D eigenvalue weighted by Crippen LogP contribution is 2.06. The van der Waals surface area contributed by atoms with E-state index < -0.39 is 6.04 Å². The summed E-state index contributed by atoms with van der Waals surface area (Å²) in [7, 11) is 1.75. The van der Waals surface area contributed by atoms with Crippen LogP contribution in [0.2, 0.25) is 0 Å². The van der Waals surface area contributed by atoms with Gasteiger partial charge in [-0.15, -0.1) is 0 Å². The quantitative estimate of drug-likeness (QED) is 0.742. The third-order valence-electron chi connectivity index (χ3n) is 3.54. The number of aldehydes is 1. The number of benzene rings is 1. The number of hydrogen-bond donors (Lipinski definition) is 2. The Bertz CT molecular complexity index is 637. The van der Waals surface area contributed by atoms with E-state index >= 15 is 0 Å². The molecular weight excluding hydrogens is 280 g/mol. The fourth-order valence-electron chi connectivity index (χ4n) is 2.17. The van der Waals surface area contributed by atoms with Crippen molar-refractivity contribution in [1.29, 1.82) is 0 Å². The highest BCUT2D eigenvalue weighted by atomic mass is 16.2. The van der Waals surface area contributed by atoms with Crippen molar-refractivity contribution in [2.75, 3.05) is 5.73 Å². The molecule has 1 amide bonds. The summed E-state index contributed by atoms with van der Waals surface area (Å²) in [6.45, 7) is 0. The number of carbonyl (C=O) groups excluding carboxylic acids is 2. The van der Waals surface area contributed by atoms with Crippen LogP contribution in [0.25, 0.3) is 0 Å². The fraction of sp³-hybridized carbons (Fsp3) is 0.312. The van der Waals surface area contributed by atoms with Gasteiger partial charge in [0.1, 0.15) is 17.9 Å². The maximum Gasteiger partial charge on any atom is 0.228 e. The molecule has 116 valence electrons. The second-order valence-corrected chi connectivity index (χ2v) is 5.17. The van der Waals surface area contributed by atoms with Crippen molar-refractivity contribution in [3.05, 3.63) is 47.9 Å². The molecule has 0 fully saturated rings. The summed E-state index contributed by atoms with van der Waals surface area (Å²) in [5.41, 5.74) is 6.81. The zero-order valence-corrected chi connectivity index (χ0v) is 12.5. The molecular formula is C16H20N4O2. The number of aryl methyl sites for hydroxylation is 1. The van der Waals surface area contributed by atoms with Crippen LogP contribution < -0.4 is 11.1 Å². The molecule has 0 aliphatic rings. The van der Waals surface area contributed by atoms with E-state index in [1.807, 2.05) is 30.3 Å². The number of nitrogen functional groups attached to an aromatic ring is 1. The number of nitrogens with one attached hydrogen (secondary N) is 1. The van der Waals surface area contributed by atoms with Gasteiger partial charge >= 0.3 is 0 Å². The lowest BCUT2D eigenvalue weighted by atomic mass is 10.1. The first kappa shape index (κ1) is 15.8. The lowest BCUT2D eigenvalue weighted by Gasteiger charge is -2.13. The maximum absolute atomic E-state index is 12.0. The summed E-state index contributed by atoms with van der Waals surface area (Å²) in [4.78, 5) is 27.2. The molecule has 0 saturated heterocycles. The Morgan fingerprint density at radius 1 is 1.41 bits per heavy atom. The molecule has 0 spiro atoms. The molecule has 2 aromatic rings. The molecule has 0 saturated carbocycles. The van der Waals surface area contributed by atoms with Gasteiger partial charge in [0, 0.05) is 7.05 Å². The molecule has 0 unspecified atom stereocenters. The van der Waals surface area contributed by atoms with Crippen LogP contribution in [-0.2, 0) is 29.5 Å². The zero-order chi connectivity index (χ0) is 15.9. The van der Waals surface area contributed by atoms with Gasteiger partial charge in [-0.3, -0.25) is 4.79 Å². The largest absolute Gasteiger partial charge is 0.384 e. The minimum absolute atomic E-state index is 0.101. The van der Waals surface area contributed by atoms with Gasteiger partial charge < -0.3 is 20.4 Å². The third kappa shape index (κ3) is 4.18. The van der Waals surface area contributed by atoms with Crippen molar-refractivity contribution >= 4 is 18.0 Å². The maximum atomic E-state index is 12.0. The van der Waals surface area contributed by atoms with Crippen molar-refractivity contribution in [3.8, 4) is 0 Å². The molecule has 0 bridgehead atoms. The summed E-state index contributed by atoms with van der Waals surface area (Å²) >= 11 is 0. The minimum atomic E-state index is -0.495. The molecule has 3 N–H and O–H groups in total. The van der Waals surface area contributed by atoms with Crippen LogP contribution in [0, 0.1) is 0 Å². The van der Waals surface area contributed by atoms with Crippen LogP contribution in [0.15, 0.2) is 36.5 Å². The zero-order valence-electron chi connectivity index (χ0n) is 12.5. The summed E-state index contributed by atoms with van der Waals surface area (Å²) in [5.74, 6) is 0.834. The van der Waals surface area contributed by atoms with Gasteiger partial charge in [-0.25, -0.2) is 4.98 Å². The normalized spacial score (nSPS) is 11.9. The number of anilines is 1. The minimum Gasteiger partial charge on any atom is -0.384 e. The standard InChI is InChI=1S/C16H20N4O2/c1-20-14(17)10-18-15(20)9-16(22)19-13(11-21)8-7-12-5-3-2-4-6-12/h2-6,10-11,13H,7-9,17H2,1H3,(H,19,22)/t13-/m0/s1. The highest BCUT2D eigenvalue weighted by molar-refractivity contribution is 5.81. The molecule has 1 aromatic carbocycles. The second-order valence-electron chi connectivity index (χ2n) is 5.17. The Morgan fingerprint density at radius 2 is 2.14 bits per heavy atom. The molecule has 6 heteroatoms. The van der Waals surface area contributed by atoms with Crippen LogP contribution in [0.5, 0.6) is 0 Å². The van der Waals surface area contributed by atoms with Crippen LogP contribution in [0.1, 0.15) is 17.8 Å². The van der Waals surface area contributed by atoms with Crippen LogP contribution >= 0.6 is 0 Å². The predicted molar refractivity (Wildman–Crippen MR) is 84.1 cm³/mol. The second kappa shape index (κ2) is 7.40. The Balaban J connectivity index is 1.85. The van der Waals surface area contributed by atoms with Gasteiger partial charge in [0.2, 0.25) is 5.91 Å². The Morgan fingerprint density at radius 3 is 2.73 bits per heavy atom. The monoisotopic (exact) mass is 300 g/mol. The van der Waals surface area contributed by atoms with Crippen molar-refractivity contribution < 1.29 is 9.59 Å². The number of amides is 1. The van der Waals surface area contributed by atoms with Crippen molar-refractivity contribution in [2.45, 2.75) is 25.3 Å². The predicted octanol–water partition coefficient (Wildman–Crippen LogP) is 0.861. The van der Waals surface area contributed by atoms with Crippen molar-refractivity contribution in [1.82, 2.24) is 14.9 Å². The number of rotatable bonds is 7. The molecule has 1 heterocycles. The van der Waals surface area contributed by atoms with E-state index in [0.29, 0.717) is 18.1 Å². The summed E-state index contributed by atoms with van der Waals surface area (Å²) in [5, 5.41) is 2.72. The van der Waals surface area contributed by atoms with Gasteiger partial charge in [-0.1, -0.05) is 30.3 Å². The van der Waals surface area contributed by atoms with Gasteiger partial charge in [-0.05, 0) is 18.4 Å². The number of hydrogen-bond acceptors (Lipinski definition) is 4. The van der Waals surface area contributed by atoms with E-state index in [9.17, 15) is 9.59 Å². The van der Waals surface area contributed by atoms with Gasteiger partial charge in [0.25, 0.3) is 0 Å². The summed E-state index contributed by atoms with van der Waals surface area (Å²) in [6.07, 6.45) is 3.69. The molecule has 0 aliphatic heterocycles. The Labute approximate surface area is 129 Å². The average Bonchev–Trinajstić information content (AvgIpc) is 2.84. The highest BCUT2D eigenvalue weighted by Gasteiger charge is 2.14. The number of aromatic nitrogens is 2. The van der Waals surface area contributed by atoms with E-state index in [4.69, 9.17) is 5.73 Å². The molecule has 22 heavy (non-hydrogen) atoms. The first-order valence-electron chi connectivity index (χ1n) is 7.15. The van der Waals surface area contributed by atoms with E-state index in [2.05, 4.69) is 10.3 Å². The molecule has 0 aliphatic carbocycles. The third-order valence-corrected chi connectivity index (χ3v) is 3.54. The number of imidazole rings is 1. The molecule has 1 aromatic heterocycles. The molecule has 2 rings (SSSR count). The first-order chi connectivity index (χ1) is 10.6. The molecule has 0 radical (unpaired) electrons. The van der Waals surface area contributed by atoms with Gasteiger partial charge in [-0.2, -0.15) is 0 Å². The Kier molecular flexibility index (Phi) is 5.30. The smallest absolute Gasteiger partial charge is 0.228 e. The van der Waals surface area contributed by atoms with Crippen molar-refractivity contribution in [2.24, 2.45) is 7.05 Å².